The van der Waals surface area contributed by atoms with Crippen molar-refractivity contribution in [1.82, 2.24) is 0 Å². The summed E-state index contributed by atoms with van der Waals surface area (Å²) in [4.78, 5) is 11.2. The fraction of sp³-hybridized carbons (Fsp3) is 0.750. The first-order valence-corrected chi connectivity index (χ1v) is 7.98. The summed E-state index contributed by atoms with van der Waals surface area (Å²) in [5, 5.41) is 11.9. The van der Waals surface area contributed by atoms with Crippen molar-refractivity contribution in [3.63, 3.8) is 0 Å². The minimum absolute atomic E-state index is 0.0234. The van der Waals surface area contributed by atoms with Crippen LogP contribution < -0.4 is 0 Å². The lowest BCUT2D eigenvalue weighted by atomic mass is 10.1. The van der Waals surface area contributed by atoms with Crippen molar-refractivity contribution in [2.75, 3.05) is 6.61 Å². The van der Waals surface area contributed by atoms with Crippen LogP contribution in [0.25, 0.3) is 0 Å². The second-order valence-corrected chi connectivity index (χ2v) is 7.07. The van der Waals surface area contributed by atoms with E-state index >= 15 is 0 Å². The number of hydrogen-bond donors (Lipinski definition) is 1. The topological polar surface area (TPSA) is 46.5 Å². The van der Waals surface area contributed by atoms with Crippen molar-refractivity contribution in [2.24, 2.45) is 0 Å². The third-order valence-electron chi connectivity index (χ3n) is 1.86. The molecule has 1 N–H and O–H groups in total. The predicted molar refractivity (Wildman–Crippen MR) is 75.9 cm³/mol. The van der Waals surface area contributed by atoms with E-state index in [1.807, 2.05) is 11.5 Å². The van der Waals surface area contributed by atoms with Crippen LogP contribution in [0.5, 0.6) is 0 Å². The van der Waals surface area contributed by atoms with Crippen LogP contribution in [0.15, 0.2) is 11.5 Å². The minimum atomic E-state index is -0.998. The van der Waals surface area contributed by atoms with Crippen LogP contribution in [0.4, 0.5) is 0 Å². The molecule has 0 spiro atoms. The molecule has 17 heavy (non-hydrogen) atoms. The maximum absolute atomic E-state index is 11.2. The summed E-state index contributed by atoms with van der Waals surface area (Å²) < 4.78 is 4.94. The quantitative estimate of drug-likeness (QED) is 0.545. The Balaban J connectivity index is 3.56. The summed E-state index contributed by atoms with van der Waals surface area (Å²) in [5.41, 5.74) is -0.998. The average Bonchev–Trinajstić information content (AvgIpc) is 2.20. The lowest BCUT2D eigenvalue weighted by Gasteiger charge is -2.14. The van der Waals surface area contributed by atoms with E-state index in [-0.39, 0.29) is 19.0 Å². The molecule has 0 rings (SSSR count). The zero-order valence-electron chi connectivity index (χ0n) is 10.9. The van der Waals surface area contributed by atoms with E-state index in [2.05, 4.69) is 13.8 Å². The fourth-order valence-electron chi connectivity index (χ4n) is 0.819. The van der Waals surface area contributed by atoms with Crippen molar-refractivity contribution in [3.8, 4) is 0 Å². The first kappa shape index (κ1) is 16.9. The molecule has 0 aromatic heterocycles. The van der Waals surface area contributed by atoms with Gasteiger partial charge >= 0.3 is 5.97 Å². The number of esters is 1. The normalized spacial score (nSPS) is 13.9. The average molecular weight is 278 g/mol. The van der Waals surface area contributed by atoms with Crippen molar-refractivity contribution < 1.29 is 14.6 Å². The van der Waals surface area contributed by atoms with Gasteiger partial charge in [0.15, 0.2) is 0 Å². The van der Waals surface area contributed by atoms with E-state index in [1.165, 1.54) is 0 Å². The Kier molecular flexibility index (Phi) is 8.82. The second kappa shape index (κ2) is 8.89. The van der Waals surface area contributed by atoms with Crippen molar-refractivity contribution >= 4 is 27.6 Å². The van der Waals surface area contributed by atoms with Gasteiger partial charge in [-0.25, -0.2) is 0 Å². The Bertz CT molecular complexity index is 247. The molecule has 1 atom stereocenters. The molecule has 3 nitrogen and oxygen atoms in total. The van der Waals surface area contributed by atoms with Gasteiger partial charge in [-0.2, -0.15) is 0 Å². The molecule has 0 aliphatic rings. The highest BCUT2D eigenvalue weighted by atomic mass is 33.1. The van der Waals surface area contributed by atoms with E-state index in [0.717, 1.165) is 6.42 Å². The van der Waals surface area contributed by atoms with Crippen molar-refractivity contribution in [2.45, 2.75) is 51.4 Å². The molecule has 0 unspecified atom stereocenters. The number of carbonyl (C=O) groups is 1. The van der Waals surface area contributed by atoms with Crippen LogP contribution in [-0.4, -0.2) is 28.5 Å². The van der Waals surface area contributed by atoms with E-state index in [4.69, 9.17) is 4.74 Å². The van der Waals surface area contributed by atoms with Gasteiger partial charge in [0, 0.05) is 5.25 Å². The third kappa shape index (κ3) is 12.1. The van der Waals surface area contributed by atoms with Crippen molar-refractivity contribution in [3.05, 3.63) is 11.5 Å². The number of ether oxygens (including phenoxy) is 1. The largest absolute Gasteiger partial charge is 0.461 e. The Morgan fingerprint density at radius 3 is 2.71 bits per heavy atom. The van der Waals surface area contributed by atoms with E-state index in [0.29, 0.717) is 5.25 Å². The van der Waals surface area contributed by atoms with Crippen LogP contribution >= 0.6 is 21.6 Å². The summed E-state index contributed by atoms with van der Waals surface area (Å²) in [7, 11) is 3.44. The molecule has 5 heteroatoms. The first-order chi connectivity index (χ1) is 7.85. The molecule has 0 radical (unpaired) electrons. The van der Waals surface area contributed by atoms with E-state index in [1.54, 1.807) is 35.4 Å². The number of hydrogen-bond acceptors (Lipinski definition) is 5. The van der Waals surface area contributed by atoms with Gasteiger partial charge in [0.25, 0.3) is 0 Å². The molecule has 0 bridgehead atoms. The van der Waals surface area contributed by atoms with Gasteiger partial charge in [0.2, 0.25) is 0 Å². The summed E-state index contributed by atoms with van der Waals surface area (Å²) >= 11 is 0. The number of aliphatic hydroxyl groups is 1. The highest BCUT2D eigenvalue weighted by molar-refractivity contribution is 8.78. The molecule has 0 saturated heterocycles. The molecule has 100 valence electrons. The van der Waals surface area contributed by atoms with E-state index < -0.39 is 5.60 Å². The molecule has 0 aromatic rings. The number of rotatable bonds is 8. The highest BCUT2D eigenvalue weighted by Gasteiger charge is 2.18. The van der Waals surface area contributed by atoms with Crippen LogP contribution in [0.1, 0.15) is 40.5 Å². The molecule has 0 amide bonds. The zero-order chi connectivity index (χ0) is 13.3. The summed E-state index contributed by atoms with van der Waals surface area (Å²) in [6, 6.07) is 0. The zero-order valence-corrected chi connectivity index (χ0v) is 12.6. The lowest BCUT2D eigenvalue weighted by Crippen LogP contribution is -2.24. The standard InChI is InChI=1S/C12H22O3S2/c1-5-10(2)17-16-8-6-7-15-11(13)9-12(3,4)14/h6,8,10,14H,5,7,9H2,1-4H3/b8-6-/t10-/m1/s1. The lowest BCUT2D eigenvalue weighted by molar-refractivity contribution is -0.146. The monoisotopic (exact) mass is 278 g/mol. The van der Waals surface area contributed by atoms with Gasteiger partial charge < -0.3 is 9.84 Å². The molecule has 0 aliphatic carbocycles. The van der Waals surface area contributed by atoms with Gasteiger partial charge in [0.05, 0.1) is 12.0 Å². The predicted octanol–water partition coefficient (Wildman–Crippen LogP) is 3.38. The van der Waals surface area contributed by atoms with Crippen LogP contribution in [0.2, 0.25) is 0 Å². The first-order valence-electron chi connectivity index (χ1n) is 5.70. The Morgan fingerprint density at radius 1 is 1.53 bits per heavy atom. The van der Waals surface area contributed by atoms with Crippen LogP contribution in [-0.2, 0) is 9.53 Å². The van der Waals surface area contributed by atoms with Gasteiger partial charge in [-0.15, -0.1) is 0 Å². The van der Waals surface area contributed by atoms with Gasteiger partial charge in [-0.1, -0.05) is 35.4 Å². The summed E-state index contributed by atoms with van der Waals surface area (Å²) in [6.07, 6.45) is 2.98. The maximum Gasteiger partial charge on any atom is 0.308 e. The second-order valence-electron chi connectivity index (χ2n) is 4.46. The fourth-order valence-corrected chi connectivity index (χ4v) is 2.77. The molecular formula is C12H22O3S2. The maximum atomic E-state index is 11.2. The Morgan fingerprint density at radius 2 is 2.18 bits per heavy atom. The Labute approximate surface area is 112 Å². The third-order valence-corrected chi connectivity index (χ3v) is 4.59. The van der Waals surface area contributed by atoms with Crippen molar-refractivity contribution in [1.29, 1.82) is 0 Å². The smallest absolute Gasteiger partial charge is 0.308 e. The molecule has 0 saturated carbocycles. The molecule has 0 fully saturated rings. The van der Waals surface area contributed by atoms with Gasteiger partial charge in [-0.3, -0.25) is 4.79 Å². The van der Waals surface area contributed by atoms with E-state index in [9.17, 15) is 9.90 Å². The van der Waals surface area contributed by atoms with Gasteiger partial charge in [0.1, 0.15) is 6.61 Å². The Hall–Kier alpha value is -0.130. The molecule has 0 aromatic carbocycles. The molecule has 0 aliphatic heterocycles. The minimum Gasteiger partial charge on any atom is -0.461 e. The summed E-state index contributed by atoms with van der Waals surface area (Å²) in [5.74, 6) is -0.373. The molecular weight excluding hydrogens is 256 g/mol. The summed E-state index contributed by atoms with van der Waals surface area (Å²) in [6.45, 7) is 7.77. The van der Waals surface area contributed by atoms with Crippen LogP contribution in [0.3, 0.4) is 0 Å². The highest BCUT2D eigenvalue weighted by Crippen LogP contribution is 2.28. The number of carbonyl (C=O) groups excluding carboxylic acids is 1. The van der Waals surface area contributed by atoms with Gasteiger partial charge in [-0.05, 0) is 31.8 Å². The molecule has 0 heterocycles. The van der Waals surface area contributed by atoms with Crippen LogP contribution in [0, 0.1) is 0 Å². The SMILES string of the molecule is CC[C@@H](C)SS/C=C\COC(=O)CC(C)(C)O.